The second-order valence-corrected chi connectivity index (χ2v) is 8.35. The predicted octanol–water partition coefficient (Wildman–Crippen LogP) is 5.97. The van der Waals surface area contributed by atoms with Crippen molar-refractivity contribution in [1.29, 1.82) is 5.26 Å². The maximum absolute atomic E-state index is 14.0. The molecular formula is C26H21F2NO4. The summed E-state index contributed by atoms with van der Waals surface area (Å²) in [4.78, 5) is 12.8. The lowest BCUT2D eigenvalue weighted by Gasteiger charge is -2.13. The molecule has 1 saturated carbocycles. The summed E-state index contributed by atoms with van der Waals surface area (Å²) in [5.41, 5.74) is -0.185. The molecule has 4 rings (SSSR count). The van der Waals surface area contributed by atoms with E-state index in [0.29, 0.717) is 23.1 Å². The molecule has 1 aliphatic carbocycles. The van der Waals surface area contributed by atoms with Crippen LogP contribution in [0.4, 0.5) is 8.78 Å². The van der Waals surface area contributed by atoms with E-state index in [0.717, 1.165) is 6.07 Å². The molecule has 0 N–H and O–H groups in total. The lowest BCUT2D eigenvalue weighted by molar-refractivity contribution is -0.149. The van der Waals surface area contributed by atoms with Crippen LogP contribution in [0.1, 0.15) is 25.5 Å². The van der Waals surface area contributed by atoms with Crippen molar-refractivity contribution in [2.45, 2.75) is 26.1 Å². The van der Waals surface area contributed by atoms with Gasteiger partial charge in [-0.1, -0.05) is 44.2 Å². The molecule has 3 aromatic carbocycles. The molecule has 0 aliphatic heterocycles. The monoisotopic (exact) mass is 449 g/mol. The number of nitrogens with zero attached hydrogens (tertiary/aromatic N) is 1. The molecule has 1 fully saturated rings. The summed E-state index contributed by atoms with van der Waals surface area (Å²) in [6.45, 7) is 3.56. The van der Waals surface area contributed by atoms with Crippen LogP contribution >= 0.6 is 0 Å². The maximum atomic E-state index is 14.0. The Labute approximate surface area is 190 Å². The summed E-state index contributed by atoms with van der Waals surface area (Å²) in [6, 6.07) is 20.9. The third-order valence-electron chi connectivity index (χ3n) is 5.62. The third-order valence-corrected chi connectivity index (χ3v) is 5.62. The minimum Gasteiger partial charge on any atom is -0.486 e. The Morgan fingerprint density at radius 1 is 1.00 bits per heavy atom. The lowest BCUT2D eigenvalue weighted by Crippen LogP contribution is -2.16. The standard InChI is InChI=1S/C26H21F2NO4/c1-26(2)23(24(26)32-21-12-11-17(27)14-20(21)28)25(30)33-22(15-29)16-7-6-10-19(13-16)31-18-8-4-3-5-9-18/h3-14,22-24H,1-2H3. The van der Waals surface area contributed by atoms with Gasteiger partial charge in [-0.2, -0.15) is 5.26 Å². The van der Waals surface area contributed by atoms with Crippen molar-refractivity contribution in [1.82, 2.24) is 0 Å². The minimum absolute atomic E-state index is 0.146. The van der Waals surface area contributed by atoms with E-state index in [1.165, 1.54) is 6.07 Å². The van der Waals surface area contributed by atoms with Crippen molar-refractivity contribution in [2.24, 2.45) is 11.3 Å². The second-order valence-electron chi connectivity index (χ2n) is 8.35. The third kappa shape index (κ3) is 4.80. The van der Waals surface area contributed by atoms with E-state index in [4.69, 9.17) is 14.2 Å². The average Bonchev–Trinajstić information content (AvgIpc) is 3.34. The minimum atomic E-state index is -1.16. The van der Waals surface area contributed by atoms with Gasteiger partial charge in [0.2, 0.25) is 6.10 Å². The summed E-state index contributed by atoms with van der Waals surface area (Å²) in [5.74, 6) is -1.93. The number of benzene rings is 3. The summed E-state index contributed by atoms with van der Waals surface area (Å²) in [5, 5.41) is 9.62. The molecular weight excluding hydrogens is 428 g/mol. The Kier molecular flexibility index (Phi) is 6.01. The number of carbonyl (C=O) groups excluding carboxylic acids is 1. The van der Waals surface area contributed by atoms with E-state index < -0.39 is 41.1 Å². The van der Waals surface area contributed by atoms with Crippen LogP contribution in [0.15, 0.2) is 72.8 Å². The maximum Gasteiger partial charge on any atom is 0.315 e. The fourth-order valence-corrected chi connectivity index (χ4v) is 3.67. The molecule has 1 aliphatic rings. The van der Waals surface area contributed by atoms with Gasteiger partial charge in [0.25, 0.3) is 0 Å². The molecule has 168 valence electrons. The first-order chi connectivity index (χ1) is 15.8. The van der Waals surface area contributed by atoms with E-state index in [2.05, 4.69) is 0 Å². The Morgan fingerprint density at radius 3 is 2.42 bits per heavy atom. The Morgan fingerprint density at radius 2 is 1.73 bits per heavy atom. The number of carbonyl (C=O) groups is 1. The van der Waals surface area contributed by atoms with Gasteiger partial charge < -0.3 is 14.2 Å². The molecule has 3 aromatic rings. The van der Waals surface area contributed by atoms with Crippen LogP contribution in [0.2, 0.25) is 0 Å². The highest BCUT2D eigenvalue weighted by molar-refractivity contribution is 5.79. The number of ether oxygens (including phenoxy) is 3. The molecule has 33 heavy (non-hydrogen) atoms. The first-order valence-corrected chi connectivity index (χ1v) is 10.3. The normalized spacial score (nSPS) is 19.1. The molecule has 3 atom stereocenters. The van der Waals surface area contributed by atoms with Crippen LogP contribution < -0.4 is 9.47 Å². The SMILES string of the molecule is CC1(C)C(Oc2ccc(F)cc2F)C1C(=O)OC(C#N)c1cccc(Oc2ccccc2)c1. The van der Waals surface area contributed by atoms with Crippen molar-refractivity contribution in [3.05, 3.63) is 90.0 Å². The van der Waals surface area contributed by atoms with Gasteiger partial charge in [0.15, 0.2) is 11.6 Å². The number of nitriles is 1. The van der Waals surface area contributed by atoms with Crippen molar-refractivity contribution in [2.75, 3.05) is 0 Å². The van der Waals surface area contributed by atoms with Crippen molar-refractivity contribution in [3.8, 4) is 23.3 Å². The molecule has 5 nitrogen and oxygen atoms in total. The van der Waals surface area contributed by atoms with Crippen LogP contribution in [0.25, 0.3) is 0 Å². The highest BCUT2D eigenvalue weighted by atomic mass is 19.1. The van der Waals surface area contributed by atoms with Gasteiger partial charge in [0, 0.05) is 17.0 Å². The molecule has 7 heteroatoms. The molecule has 0 amide bonds. The van der Waals surface area contributed by atoms with Crippen LogP contribution in [-0.2, 0) is 9.53 Å². The van der Waals surface area contributed by atoms with E-state index >= 15 is 0 Å². The molecule has 3 unspecified atom stereocenters. The Balaban J connectivity index is 1.45. The van der Waals surface area contributed by atoms with Crippen molar-refractivity contribution in [3.63, 3.8) is 0 Å². The number of hydrogen-bond acceptors (Lipinski definition) is 5. The van der Waals surface area contributed by atoms with Crippen molar-refractivity contribution >= 4 is 5.97 Å². The topological polar surface area (TPSA) is 68.5 Å². The Bertz CT molecular complexity index is 1210. The summed E-state index contributed by atoms with van der Waals surface area (Å²) < 4.78 is 44.0. The van der Waals surface area contributed by atoms with Gasteiger partial charge in [-0.3, -0.25) is 4.79 Å². The number of para-hydroxylation sites is 1. The number of halogens is 2. The van der Waals surface area contributed by atoms with Gasteiger partial charge in [-0.15, -0.1) is 0 Å². The first kappa shape index (κ1) is 22.3. The van der Waals surface area contributed by atoms with Crippen LogP contribution in [0, 0.1) is 34.3 Å². The molecule has 0 saturated heterocycles. The number of rotatable bonds is 7. The van der Waals surface area contributed by atoms with E-state index in [9.17, 15) is 18.8 Å². The van der Waals surface area contributed by atoms with E-state index in [-0.39, 0.29) is 5.75 Å². The fraction of sp³-hybridized carbons (Fsp3) is 0.231. The fourth-order valence-electron chi connectivity index (χ4n) is 3.67. The summed E-state index contributed by atoms with van der Waals surface area (Å²) in [7, 11) is 0. The molecule has 0 radical (unpaired) electrons. The molecule has 0 bridgehead atoms. The second kappa shape index (κ2) is 8.91. The van der Waals surface area contributed by atoms with Crippen LogP contribution in [-0.4, -0.2) is 12.1 Å². The predicted molar refractivity (Wildman–Crippen MR) is 115 cm³/mol. The number of esters is 1. The zero-order valence-corrected chi connectivity index (χ0v) is 18.0. The molecule has 0 heterocycles. The highest BCUT2D eigenvalue weighted by Crippen LogP contribution is 2.55. The summed E-state index contributed by atoms with van der Waals surface area (Å²) >= 11 is 0. The van der Waals surface area contributed by atoms with Gasteiger partial charge in [-0.25, -0.2) is 8.78 Å². The highest BCUT2D eigenvalue weighted by Gasteiger charge is 2.66. The van der Waals surface area contributed by atoms with Gasteiger partial charge in [-0.05, 0) is 36.4 Å². The van der Waals surface area contributed by atoms with Gasteiger partial charge in [0.05, 0.1) is 0 Å². The first-order valence-electron chi connectivity index (χ1n) is 10.3. The lowest BCUT2D eigenvalue weighted by atomic mass is 10.1. The van der Waals surface area contributed by atoms with E-state index in [1.54, 1.807) is 50.2 Å². The Hall–Kier alpha value is -3.92. The van der Waals surface area contributed by atoms with Crippen LogP contribution in [0.5, 0.6) is 17.2 Å². The largest absolute Gasteiger partial charge is 0.486 e. The summed E-state index contributed by atoms with van der Waals surface area (Å²) in [6.07, 6.45) is -1.83. The average molecular weight is 449 g/mol. The smallest absolute Gasteiger partial charge is 0.315 e. The van der Waals surface area contributed by atoms with Gasteiger partial charge in [0.1, 0.15) is 35.4 Å². The zero-order chi connectivity index (χ0) is 23.6. The van der Waals surface area contributed by atoms with Crippen molar-refractivity contribution < 1.29 is 27.8 Å². The molecule has 0 aromatic heterocycles. The number of hydrogen-bond donors (Lipinski definition) is 0. The van der Waals surface area contributed by atoms with Crippen LogP contribution in [0.3, 0.4) is 0 Å². The molecule has 0 spiro atoms. The zero-order valence-electron chi connectivity index (χ0n) is 18.0. The van der Waals surface area contributed by atoms with Gasteiger partial charge >= 0.3 is 5.97 Å². The van der Waals surface area contributed by atoms with E-state index in [1.807, 2.05) is 24.3 Å². The quantitative estimate of drug-likeness (QED) is 0.416.